The van der Waals surface area contributed by atoms with Gasteiger partial charge in [-0.1, -0.05) is 13.3 Å². The monoisotopic (exact) mass is 240 g/mol. The number of rotatable bonds is 4. The van der Waals surface area contributed by atoms with Gasteiger partial charge in [0.1, 0.15) is 6.04 Å². The van der Waals surface area contributed by atoms with E-state index < -0.39 is 5.97 Å². The number of hydrogen-bond acceptors (Lipinski definition) is 3. The molecule has 3 unspecified atom stereocenters. The summed E-state index contributed by atoms with van der Waals surface area (Å²) in [5.41, 5.74) is 0. The summed E-state index contributed by atoms with van der Waals surface area (Å²) in [6.45, 7) is 7.41. The molecule has 0 aromatic heterocycles. The first kappa shape index (κ1) is 12.8. The van der Waals surface area contributed by atoms with E-state index in [1.54, 1.807) is 0 Å². The Kier molecular flexibility index (Phi) is 4.05. The summed E-state index contributed by atoms with van der Waals surface area (Å²) < 4.78 is 0. The highest BCUT2D eigenvalue weighted by Gasteiger charge is 2.39. The van der Waals surface area contributed by atoms with E-state index in [9.17, 15) is 9.90 Å². The predicted molar refractivity (Wildman–Crippen MR) is 67.1 cm³/mol. The fraction of sp³-hybridized carbons (Fsp3) is 0.923. The number of carbonyl (C=O) groups is 1. The van der Waals surface area contributed by atoms with Gasteiger partial charge in [0.05, 0.1) is 0 Å². The molecule has 2 aliphatic rings. The molecule has 0 spiro atoms. The maximum atomic E-state index is 11.4. The van der Waals surface area contributed by atoms with Crippen LogP contribution in [0, 0.1) is 0 Å². The maximum Gasteiger partial charge on any atom is 0.320 e. The quantitative estimate of drug-likeness (QED) is 0.807. The molecule has 17 heavy (non-hydrogen) atoms. The molecular weight excluding hydrogens is 216 g/mol. The molecule has 0 aromatic rings. The van der Waals surface area contributed by atoms with Crippen molar-refractivity contribution >= 4 is 5.97 Å². The Hall–Kier alpha value is -0.610. The standard InChI is InChI=1S/C13H24N2O2/c1-3-5-12(13(16)17)15-9-11-6-4-7-14(11)8-10(15)2/h10-12H,3-9H2,1-2H3,(H,16,17). The lowest BCUT2D eigenvalue weighted by molar-refractivity contribution is -0.146. The Morgan fingerprint density at radius 3 is 2.88 bits per heavy atom. The van der Waals surface area contributed by atoms with E-state index in [0.29, 0.717) is 12.1 Å². The zero-order valence-electron chi connectivity index (χ0n) is 10.9. The van der Waals surface area contributed by atoms with E-state index in [2.05, 4.69) is 23.6 Å². The molecule has 0 aliphatic carbocycles. The second-order valence-electron chi connectivity index (χ2n) is 5.48. The van der Waals surface area contributed by atoms with Crippen LogP contribution in [0.3, 0.4) is 0 Å². The number of nitrogens with zero attached hydrogens (tertiary/aromatic N) is 2. The van der Waals surface area contributed by atoms with Crippen LogP contribution < -0.4 is 0 Å². The van der Waals surface area contributed by atoms with Crippen molar-refractivity contribution < 1.29 is 9.90 Å². The molecule has 2 rings (SSSR count). The highest BCUT2D eigenvalue weighted by Crippen LogP contribution is 2.26. The summed E-state index contributed by atoms with van der Waals surface area (Å²) in [4.78, 5) is 16.1. The van der Waals surface area contributed by atoms with Crippen molar-refractivity contribution in [2.75, 3.05) is 19.6 Å². The summed E-state index contributed by atoms with van der Waals surface area (Å²) in [6.07, 6.45) is 4.22. The highest BCUT2D eigenvalue weighted by molar-refractivity contribution is 5.73. The molecule has 2 saturated heterocycles. The van der Waals surface area contributed by atoms with Crippen molar-refractivity contribution in [3.05, 3.63) is 0 Å². The van der Waals surface area contributed by atoms with E-state index in [-0.39, 0.29) is 6.04 Å². The highest BCUT2D eigenvalue weighted by atomic mass is 16.4. The molecule has 0 amide bonds. The summed E-state index contributed by atoms with van der Waals surface area (Å²) in [5.74, 6) is -0.648. The van der Waals surface area contributed by atoms with Gasteiger partial charge in [0.2, 0.25) is 0 Å². The average molecular weight is 240 g/mol. The van der Waals surface area contributed by atoms with Gasteiger partial charge in [-0.25, -0.2) is 0 Å². The molecule has 0 saturated carbocycles. The fourth-order valence-corrected chi connectivity index (χ4v) is 3.35. The van der Waals surface area contributed by atoms with E-state index in [4.69, 9.17) is 0 Å². The first-order valence-corrected chi connectivity index (χ1v) is 6.86. The summed E-state index contributed by atoms with van der Waals surface area (Å²) in [7, 11) is 0. The van der Waals surface area contributed by atoms with Gasteiger partial charge in [0.15, 0.2) is 0 Å². The Morgan fingerprint density at radius 1 is 1.47 bits per heavy atom. The molecule has 1 N–H and O–H groups in total. The molecule has 0 radical (unpaired) electrons. The first-order chi connectivity index (χ1) is 8.13. The fourth-order valence-electron chi connectivity index (χ4n) is 3.35. The summed E-state index contributed by atoms with van der Waals surface area (Å²) >= 11 is 0. The van der Waals surface area contributed by atoms with Gasteiger partial charge >= 0.3 is 5.97 Å². The van der Waals surface area contributed by atoms with Crippen LogP contribution in [0.5, 0.6) is 0 Å². The van der Waals surface area contributed by atoms with Gasteiger partial charge < -0.3 is 5.11 Å². The molecule has 0 aromatic carbocycles. The molecule has 2 fully saturated rings. The topological polar surface area (TPSA) is 43.8 Å². The third kappa shape index (κ3) is 2.63. The lowest BCUT2D eigenvalue weighted by Crippen LogP contribution is -2.59. The molecule has 2 heterocycles. The Bertz CT molecular complexity index is 283. The smallest absolute Gasteiger partial charge is 0.320 e. The van der Waals surface area contributed by atoms with Crippen molar-refractivity contribution in [1.82, 2.24) is 9.80 Å². The van der Waals surface area contributed by atoms with Crippen LogP contribution in [0.15, 0.2) is 0 Å². The number of carboxylic acid groups (broad SMARTS) is 1. The average Bonchev–Trinajstić information content (AvgIpc) is 2.71. The normalized spacial score (nSPS) is 32.4. The van der Waals surface area contributed by atoms with Crippen molar-refractivity contribution in [3.63, 3.8) is 0 Å². The molecular formula is C13H24N2O2. The van der Waals surface area contributed by atoms with Gasteiger partial charge in [-0.15, -0.1) is 0 Å². The van der Waals surface area contributed by atoms with E-state index in [1.807, 2.05) is 0 Å². The number of piperazine rings is 1. The zero-order chi connectivity index (χ0) is 12.4. The lowest BCUT2D eigenvalue weighted by atomic mass is 10.0. The number of carboxylic acids is 1. The van der Waals surface area contributed by atoms with E-state index >= 15 is 0 Å². The summed E-state index contributed by atoms with van der Waals surface area (Å²) in [5, 5.41) is 9.36. The number of fused-ring (bicyclic) bond motifs is 1. The van der Waals surface area contributed by atoms with Gasteiger partial charge in [-0.2, -0.15) is 0 Å². The molecule has 4 heteroatoms. The van der Waals surface area contributed by atoms with Gasteiger partial charge in [-0.05, 0) is 32.7 Å². The van der Waals surface area contributed by atoms with Gasteiger partial charge in [0.25, 0.3) is 0 Å². The molecule has 0 bridgehead atoms. The SMILES string of the molecule is CCCC(C(=O)O)N1CC2CCCN2CC1C. The van der Waals surface area contributed by atoms with Gasteiger partial charge in [0, 0.05) is 25.2 Å². The van der Waals surface area contributed by atoms with E-state index in [1.165, 1.54) is 19.4 Å². The predicted octanol–water partition coefficient (Wildman–Crippen LogP) is 1.41. The zero-order valence-corrected chi connectivity index (χ0v) is 10.9. The Balaban J connectivity index is 2.05. The third-order valence-electron chi connectivity index (χ3n) is 4.23. The Labute approximate surface area is 104 Å². The summed E-state index contributed by atoms with van der Waals surface area (Å²) in [6, 6.07) is 0.694. The molecule has 98 valence electrons. The van der Waals surface area contributed by atoms with Crippen molar-refractivity contribution in [3.8, 4) is 0 Å². The minimum atomic E-state index is -0.648. The van der Waals surface area contributed by atoms with Crippen LogP contribution in [0.1, 0.15) is 39.5 Å². The minimum Gasteiger partial charge on any atom is -0.480 e. The molecule has 2 aliphatic heterocycles. The molecule has 3 atom stereocenters. The maximum absolute atomic E-state index is 11.4. The second-order valence-corrected chi connectivity index (χ2v) is 5.48. The van der Waals surface area contributed by atoms with Crippen LogP contribution in [0.4, 0.5) is 0 Å². The number of aliphatic carboxylic acids is 1. The van der Waals surface area contributed by atoms with Crippen molar-refractivity contribution in [2.24, 2.45) is 0 Å². The first-order valence-electron chi connectivity index (χ1n) is 6.86. The second kappa shape index (κ2) is 5.36. The minimum absolute atomic E-state index is 0.280. The van der Waals surface area contributed by atoms with Crippen LogP contribution in [-0.4, -0.2) is 58.6 Å². The van der Waals surface area contributed by atoms with E-state index in [0.717, 1.165) is 25.9 Å². The van der Waals surface area contributed by atoms with Crippen molar-refractivity contribution in [2.45, 2.75) is 57.7 Å². The largest absolute Gasteiger partial charge is 0.480 e. The number of hydrogen-bond donors (Lipinski definition) is 1. The third-order valence-corrected chi connectivity index (χ3v) is 4.23. The Morgan fingerprint density at radius 2 is 2.24 bits per heavy atom. The van der Waals surface area contributed by atoms with Crippen molar-refractivity contribution in [1.29, 1.82) is 0 Å². The van der Waals surface area contributed by atoms with Crippen LogP contribution >= 0.6 is 0 Å². The lowest BCUT2D eigenvalue weighted by Gasteiger charge is -2.44. The van der Waals surface area contributed by atoms with Crippen LogP contribution in [0.2, 0.25) is 0 Å². The molecule has 4 nitrogen and oxygen atoms in total. The van der Waals surface area contributed by atoms with Crippen LogP contribution in [-0.2, 0) is 4.79 Å². The van der Waals surface area contributed by atoms with Crippen LogP contribution in [0.25, 0.3) is 0 Å². The van der Waals surface area contributed by atoms with Gasteiger partial charge in [-0.3, -0.25) is 14.6 Å².